The number of nitrogens with one attached hydrogen (secondary N) is 1. The molecule has 1 aliphatic rings. The van der Waals surface area contributed by atoms with Crippen molar-refractivity contribution in [2.45, 2.75) is 33.2 Å². The van der Waals surface area contributed by atoms with Crippen molar-refractivity contribution in [1.29, 1.82) is 0 Å². The van der Waals surface area contributed by atoms with Crippen LogP contribution in [0.15, 0.2) is 12.4 Å². The largest absolute Gasteiger partial charge is 0.364 e. The highest BCUT2D eigenvalue weighted by molar-refractivity contribution is 7.11. The van der Waals surface area contributed by atoms with Crippen molar-refractivity contribution in [1.82, 2.24) is 15.0 Å². The van der Waals surface area contributed by atoms with Gasteiger partial charge in [-0.05, 0) is 20.3 Å². The predicted octanol–water partition coefficient (Wildman–Crippen LogP) is 2.29. The van der Waals surface area contributed by atoms with Gasteiger partial charge in [0.1, 0.15) is 5.82 Å². The molecule has 2 aromatic heterocycles. The van der Waals surface area contributed by atoms with Crippen LogP contribution in [-0.2, 0) is 11.3 Å². The van der Waals surface area contributed by atoms with E-state index in [1.165, 1.54) is 4.88 Å². The standard InChI is InChI=1S/C14H17N5OS/c1-9-11(21-10(2)18-9)6-15-12-7-17-13(8-16-12)19-5-3-4-14(19)20/h7-8H,3-6H2,1-2H3,(H,15,16). The van der Waals surface area contributed by atoms with Gasteiger partial charge in [-0.25, -0.2) is 15.0 Å². The first-order chi connectivity index (χ1) is 10.1. The molecule has 1 saturated heterocycles. The number of rotatable bonds is 4. The van der Waals surface area contributed by atoms with E-state index in [1.54, 1.807) is 28.6 Å². The molecule has 1 N–H and O–H groups in total. The summed E-state index contributed by atoms with van der Waals surface area (Å²) < 4.78 is 0. The van der Waals surface area contributed by atoms with Gasteiger partial charge in [0.25, 0.3) is 0 Å². The number of hydrogen-bond acceptors (Lipinski definition) is 6. The molecule has 1 aliphatic heterocycles. The lowest BCUT2D eigenvalue weighted by Crippen LogP contribution is -2.24. The molecular weight excluding hydrogens is 286 g/mol. The third kappa shape index (κ3) is 3.02. The number of carbonyl (C=O) groups is 1. The van der Waals surface area contributed by atoms with Gasteiger partial charge >= 0.3 is 0 Å². The number of aromatic nitrogens is 3. The molecule has 0 unspecified atom stereocenters. The summed E-state index contributed by atoms with van der Waals surface area (Å²) in [6.45, 7) is 5.44. The van der Waals surface area contributed by atoms with Crippen LogP contribution >= 0.6 is 11.3 Å². The average molecular weight is 303 g/mol. The van der Waals surface area contributed by atoms with Crippen LogP contribution in [-0.4, -0.2) is 27.4 Å². The minimum absolute atomic E-state index is 0.126. The van der Waals surface area contributed by atoms with Crippen molar-refractivity contribution in [2.75, 3.05) is 16.8 Å². The van der Waals surface area contributed by atoms with E-state index >= 15 is 0 Å². The molecule has 1 amide bonds. The van der Waals surface area contributed by atoms with Gasteiger partial charge in [0.05, 0.1) is 29.6 Å². The van der Waals surface area contributed by atoms with Gasteiger partial charge in [-0.15, -0.1) is 11.3 Å². The number of hydrogen-bond donors (Lipinski definition) is 1. The van der Waals surface area contributed by atoms with Crippen molar-refractivity contribution < 1.29 is 4.79 Å². The molecule has 3 heterocycles. The molecule has 0 saturated carbocycles. The first-order valence-corrected chi connectivity index (χ1v) is 7.74. The third-order valence-electron chi connectivity index (χ3n) is 3.42. The van der Waals surface area contributed by atoms with Gasteiger partial charge in [0.15, 0.2) is 5.82 Å². The second kappa shape index (κ2) is 5.77. The van der Waals surface area contributed by atoms with Gasteiger partial charge in [0.2, 0.25) is 5.91 Å². The maximum Gasteiger partial charge on any atom is 0.228 e. The summed E-state index contributed by atoms with van der Waals surface area (Å²) in [6, 6.07) is 0. The Labute approximate surface area is 127 Å². The Morgan fingerprint density at radius 1 is 1.33 bits per heavy atom. The molecule has 0 atom stereocenters. The first-order valence-electron chi connectivity index (χ1n) is 6.92. The van der Waals surface area contributed by atoms with Crippen LogP contribution in [0.5, 0.6) is 0 Å². The molecule has 1 fully saturated rings. The van der Waals surface area contributed by atoms with Gasteiger partial charge in [-0.2, -0.15) is 0 Å². The van der Waals surface area contributed by atoms with Crippen LogP contribution in [0.2, 0.25) is 0 Å². The summed E-state index contributed by atoms with van der Waals surface area (Å²) in [4.78, 5) is 27.6. The summed E-state index contributed by atoms with van der Waals surface area (Å²) in [7, 11) is 0. The molecule has 2 aromatic rings. The maximum atomic E-state index is 11.6. The van der Waals surface area contributed by atoms with E-state index in [9.17, 15) is 4.79 Å². The zero-order valence-corrected chi connectivity index (χ0v) is 12.9. The lowest BCUT2D eigenvalue weighted by atomic mass is 10.4. The summed E-state index contributed by atoms with van der Waals surface area (Å²) >= 11 is 1.68. The van der Waals surface area contributed by atoms with Crippen LogP contribution < -0.4 is 10.2 Å². The number of nitrogens with zero attached hydrogens (tertiary/aromatic N) is 4. The van der Waals surface area contributed by atoms with Gasteiger partial charge in [-0.1, -0.05) is 0 Å². The van der Waals surface area contributed by atoms with E-state index in [1.807, 2.05) is 13.8 Å². The van der Waals surface area contributed by atoms with Crippen molar-refractivity contribution in [3.05, 3.63) is 28.0 Å². The van der Waals surface area contributed by atoms with E-state index in [4.69, 9.17) is 0 Å². The number of carbonyl (C=O) groups excluding carboxylic acids is 1. The smallest absolute Gasteiger partial charge is 0.228 e. The van der Waals surface area contributed by atoms with Gasteiger partial charge < -0.3 is 5.32 Å². The van der Waals surface area contributed by atoms with Gasteiger partial charge in [0, 0.05) is 17.8 Å². The maximum absolute atomic E-state index is 11.6. The second-order valence-electron chi connectivity index (χ2n) is 5.00. The highest BCUT2D eigenvalue weighted by Gasteiger charge is 2.22. The summed E-state index contributed by atoms with van der Waals surface area (Å²) in [5.74, 6) is 1.46. The lowest BCUT2D eigenvalue weighted by molar-refractivity contribution is -0.117. The van der Waals surface area contributed by atoms with E-state index in [2.05, 4.69) is 20.3 Å². The summed E-state index contributed by atoms with van der Waals surface area (Å²) in [6.07, 6.45) is 4.82. The molecule has 0 aliphatic carbocycles. The molecule has 0 aromatic carbocycles. The Morgan fingerprint density at radius 2 is 2.19 bits per heavy atom. The number of amides is 1. The fourth-order valence-electron chi connectivity index (χ4n) is 2.35. The zero-order chi connectivity index (χ0) is 14.8. The van der Waals surface area contributed by atoms with Crippen LogP contribution in [0, 0.1) is 13.8 Å². The van der Waals surface area contributed by atoms with Crippen LogP contribution in [0.25, 0.3) is 0 Å². The van der Waals surface area contributed by atoms with E-state index in [0.717, 1.165) is 23.7 Å². The molecule has 6 nitrogen and oxygen atoms in total. The summed E-state index contributed by atoms with van der Waals surface area (Å²) in [5.41, 5.74) is 1.05. The molecule has 0 radical (unpaired) electrons. The zero-order valence-electron chi connectivity index (χ0n) is 12.1. The van der Waals surface area contributed by atoms with Gasteiger partial charge in [-0.3, -0.25) is 9.69 Å². The minimum Gasteiger partial charge on any atom is -0.364 e. The predicted molar refractivity (Wildman–Crippen MR) is 82.5 cm³/mol. The molecule has 110 valence electrons. The second-order valence-corrected chi connectivity index (χ2v) is 6.29. The highest BCUT2D eigenvalue weighted by atomic mass is 32.1. The van der Waals surface area contributed by atoms with Crippen LogP contribution in [0.1, 0.15) is 28.4 Å². The van der Waals surface area contributed by atoms with Crippen molar-refractivity contribution in [3.63, 3.8) is 0 Å². The quantitative estimate of drug-likeness (QED) is 0.938. The lowest BCUT2D eigenvalue weighted by Gasteiger charge is -2.14. The Hall–Kier alpha value is -2.02. The average Bonchev–Trinajstić information content (AvgIpc) is 3.03. The van der Waals surface area contributed by atoms with Crippen LogP contribution in [0.4, 0.5) is 11.6 Å². The van der Waals surface area contributed by atoms with E-state index in [0.29, 0.717) is 24.6 Å². The molecular formula is C14H17N5OS. The fourth-order valence-corrected chi connectivity index (χ4v) is 3.23. The van der Waals surface area contributed by atoms with Crippen LogP contribution in [0.3, 0.4) is 0 Å². The van der Waals surface area contributed by atoms with Crippen molar-refractivity contribution in [3.8, 4) is 0 Å². The van der Waals surface area contributed by atoms with E-state index in [-0.39, 0.29) is 5.91 Å². The minimum atomic E-state index is 0.126. The Bertz CT molecular complexity index is 652. The monoisotopic (exact) mass is 303 g/mol. The summed E-state index contributed by atoms with van der Waals surface area (Å²) in [5, 5.41) is 4.31. The number of thiazole rings is 1. The first kappa shape index (κ1) is 13.9. The Kier molecular flexibility index (Phi) is 3.83. The Morgan fingerprint density at radius 3 is 2.76 bits per heavy atom. The fraction of sp³-hybridized carbons (Fsp3) is 0.429. The SMILES string of the molecule is Cc1nc(C)c(CNc2cnc(N3CCCC3=O)cn2)s1. The topological polar surface area (TPSA) is 71.0 Å². The molecule has 0 bridgehead atoms. The molecule has 0 spiro atoms. The Balaban J connectivity index is 1.64. The van der Waals surface area contributed by atoms with Crippen molar-refractivity contribution in [2.24, 2.45) is 0 Å². The molecule has 3 rings (SSSR count). The molecule has 7 heteroatoms. The van der Waals surface area contributed by atoms with Crippen molar-refractivity contribution >= 4 is 28.9 Å². The number of anilines is 2. The third-order valence-corrected chi connectivity index (χ3v) is 4.49. The van der Waals surface area contributed by atoms with E-state index < -0.39 is 0 Å². The number of aryl methyl sites for hydroxylation is 2. The highest BCUT2D eigenvalue weighted by Crippen LogP contribution is 2.20. The molecule has 21 heavy (non-hydrogen) atoms. The normalized spacial score (nSPS) is 14.8.